The molecular formula is C10H9N7O. The zero-order valence-corrected chi connectivity index (χ0v) is 9.17. The molecule has 8 heteroatoms. The van der Waals surface area contributed by atoms with Crippen LogP contribution in [0.1, 0.15) is 5.82 Å². The van der Waals surface area contributed by atoms with Crippen LogP contribution in [0, 0.1) is 0 Å². The largest absolute Gasteiger partial charge is 0.409 e. The van der Waals surface area contributed by atoms with Crippen molar-refractivity contribution in [1.82, 2.24) is 24.1 Å². The Morgan fingerprint density at radius 2 is 2.22 bits per heavy atom. The van der Waals surface area contributed by atoms with Crippen molar-refractivity contribution in [3.63, 3.8) is 0 Å². The Labute approximate surface area is 101 Å². The van der Waals surface area contributed by atoms with E-state index in [-0.39, 0.29) is 11.7 Å². The third-order valence-corrected chi connectivity index (χ3v) is 2.47. The van der Waals surface area contributed by atoms with Crippen LogP contribution in [-0.4, -0.2) is 35.2 Å². The lowest BCUT2D eigenvalue weighted by Gasteiger charge is -2.03. The third kappa shape index (κ3) is 1.47. The number of aromatic nitrogens is 5. The van der Waals surface area contributed by atoms with Gasteiger partial charge in [0.15, 0.2) is 0 Å². The lowest BCUT2D eigenvalue weighted by molar-refractivity contribution is 0.318. The van der Waals surface area contributed by atoms with E-state index in [0.717, 1.165) is 11.5 Å². The van der Waals surface area contributed by atoms with Crippen LogP contribution in [0.4, 0.5) is 0 Å². The van der Waals surface area contributed by atoms with Gasteiger partial charge in [-0.2, -0.15) is 0 Å². The Morgan fingerprint density at radius 3 is 3.06 bits per heavy atom. The van der Waals surface area contributed by atoms with Crippen LogP contribution in [0.3, 0.4) is 0 Å². The third-order valence-electron chi connectivity index (χ3n) is 2.47. The van der Waals surface area contributed by atoms with Gasteiger partial charge in [0.2, 0.25) is 11.7 Å². The van der Waals surface area contributed by atoms with Gasteiger partial charge < -0.3 is 10.9 Å². The second-order valence-electron chi connectivity index (χ2n) is 3.54. The number of fused-ring (bicyclic) bond motifs is 1. The minimum atomic E-state index is -0.133. The molecule has 0 fully saturated rings. The van der Waals surface area contributed by atoms with Gasteiger partial charge >= 0.3 is 0 Å². The molecule has 0 saturated carbocycles. The first-order chi connectivity index (χ1) is 8.79. The van der Waals surface area contributed by atoms with Crippen molar-refractivity contribution >= 4 is 11.5 Å². The van der Waals surface area contributed by atoms with E-state index in [9.17, 15) is 0 Å². The normalized spacial score (nSPS) is 12.1. The summed E-state index contributed by atoms with van der Waals surface area (Å²) in [6.07, 6.45) is 5.00. The van der Waals surface area contributed by atoms with Gasteiger partial charge in [-0.25, -0.2) is 14.6 Å². The summed E-state index contributed by atoms with van der Waals surface area (Å²) in [4.78, 5) is 8.13. The van der Waals surface area contributed by atoms with E-state index in [4.69, 9.17) is 10.9 Å². The first-order valence-corrected chi connectivity index (χ1v) is 5.11. The molecule has 0 aromatic carbocycles. The average Bonchev–Trinajstić information content (AvgIpc) is 3.05. The van der Waals surface area contributed by atoms with Crippen LogP contribution in [0.15, 0.2) is 42.1 Å². The molecule has 0 atom stereocenters. The summed E-state index contributed by atoms with van der Waals surface area (Å²) >= 11 is 0. The first-order valence-electron chi connectivity index (χ1n) is 5.11. The number of imidazole rings is 1. The number of amidine groups is 1. The fraction of sp³-hybridized carbons (Fsp3) is 0. The maximum atomic E-state index is 8.57. The fourth-order valence-corrected chi connectivity index (χ4v) is 1.65. The highest BCUT2D eigenvalue weighted by Gasteiger charge is 2.09. The van der Waals surface area contributed by atoms with E-state index in [0.29, 0.717) is 0 Å². The fourth-order valence-electron chi connectivity index (χ4n) is 1.65. The quantitative estimate of drug-likeness (QED) is 0.285. The number of nitrogens with zero attached hydrogens (tertiary/aromatic N) is 6. The standard InChI is InChI=1S/C10H9N7O/c11-9(15-18)10-13-6-17(14-10)8-3-1-2-7-12-4-5-16(7)8/h1-6,18H,(H2,11,15). The van der Waals surface area contributed by atoms with Crippen LogP contribution in [0.25, 0.3) is 11.5 Å². The van der Waals surface area contributed by atoms with Crippen molar-refractivity contribution in [3.8, 4) is 5.82 Å². The Kier molecular flexibility index (Phi) is 2.19. The van der Waals surface area contributed by atoms with Gasteiger partial charge in [0, 0.05) is 12.4 Å². The summed E-state index contributed by atoms with van der Waals surface area (Å²) in [5, 5.41) is 15.5. The van der Waals surface area contributed by atoms with Crippen molar-refractivity contribution in [2.45, 2.75) is 0 Å². The molecule has 3 rings (SSSR count). The molecule has 0 aliphatic carbocycles. The Balaban J connectivity index is 2.15. The maximum Gasteiger partial charge on any atom is 0.220 e. The molecule has 0 saturated heterocycles. The van der Waals surface area contributed by atoms with Crippen LogP contribution in [-0.2, 0) is 0 Å². The summed E-state index contributed by atoms with van der Waals surface area (Å²) in [5.74, 6) is 0.788. The highest BCUT2D eigenvalue weighted by atomic mass is 16.4. The maximum absolute atomic E-state index is 8.57. The van der Waals surface area contributed by atoms with Gasteiger partial charge in [-0.1, -0.05) is 11.2 Å². The molecule has 0 amide bonds. The van der Waals surface area contributed by atoms with Gasteiger partial charge in [-0.05, 0) is 12.1 Å². The number of hydrogen-bond donors (Lipinski definition) is 2. The molecular weight excluding hydrogens is 234 g/mol. The lowest BCUT2D eigenvalue weighted by atomic mass is 10.4. The molecule has 3 N–H and O–H groups in total. The van der Waals surface area contributed by atoms with Crippen molar-refractivity contribution in [2.24, 2.45) is 10.9 Å². The Morgan fingerprint density at radius 1 is 1.33 bits per heavy atom. The number of oxime groups is 1. The molecule has 0 radical (unpaired) electrons. The molecule has 3 aromatic heterocycles. The number of nitrogens with two attached hydrogens (primary N) is 1. The zero-order chi connectivity index (χ0) is 12.5. The Hall–Kier alpha value is -2.90. The average molecular weight is 243 g/mol. The highest BCUT2D eigenvalue weighted by molar-refractivity contribution is 5.93. The molecule has 90 valence electrons. The van der Waals surface area contributed by atoms with E-state index in [1.807, 2.05) is 28.8 Å². The highest BCUT2D eigenvalue weighted by Crippen LogP contribution is 2.09. The van der Waals surface area contributed by atoms with Crippen LogP contribution in [0.2, 0.25) is 0 Å². The summed E-state index contributed by atoms with van der Waals surface area (Å²) in [5.41, 5.74) is 6.22. The second-order valence-corrected chi connectivity index (χ2v) is 3.54. The first kappa shape index (κ1) is 10.3. The van der Waals surface area contributed by atoms with Gasteiger partial charge in [0.25, 0.3) is 0 Å². The summed E-state index contributed by atoms with van der Waals surface area (Å²) < 4.78 is 3.38. The predicted octanol–water partition coefficient (Wildman–Crippen LogP) is 0.00950. The second kappa shape index (κ2) is 3.84. The molecule has 0 bridgehead atoms. The molecule has 0 unspecified atom stereocenters. The van der Waals surface area contributed by atoms with E-state index in [2.05, 4.69) is 20.2 Å². The monoisotopic (exact) mass is 243 g/mol. The van der Waals surface area contributed by atoms with Gasteiger partial charge in [0.1, 0.15) is 17.8 Å². The van der Waals surface area contributed by atoms with E-state index < -0.39 is 0 Å². The van der Waals surface area contributed by atoms with Gasteiger partial charge in [0.05, 0.1) is 0 Å². The van der Waals surface area contributed by atoms with Crippen molar-refractivity contribution < 1.29 is 5.21 Å². The van der Waals surface area contributed by atoms with Gasteiger partial charge in [-0.15, -0.1) is 5.10 Å². The van der Waals surface area contributed by atoms with Gasteiger partial charge in [-0.3, -0.25) is 4.40 Å². The smallest absolute Gasteiger partial charge is 0.220 e. The van der Waals surface area contributed by atoms with E-state index in [1.54, 1.807) is 6.20 Å². The Bertz CT molecular complexity index is 726. The van der Waals surface area contributed by atoms with Crippen LogP contribution >= 0.6 is 0 Å². The lowest BCUT2D eigenvalue weighted by Crippen LogP contribution is -2.15. The SMILES string of the molecule is N/C(=N/O)c1ncn(-c2cccc3nccn23)n1. The summed E-state index contributed by atoms with van der Waals surface area (Å²) in [6, 6.07) is 5.60. The summed E-state index contributed by atoms with van der Waals surface area (Å²) in [7, 11) is 0. The van der Waals surface area contributed by atoms with Crippen molar-refractivity contribution in [1.29, 1.82) is 0 Å². The van der Waals surface area contributed by atoms with E-state index >= 15 is 0 Å². The molecule has 18 heavy (non-hydrogen) atoms. The minimum Gasteiger partial charge on any atom is -0.409 e. The van der Waals surface area contributed by atoms with Crippen LogP contribution in [0.5, 0.6) is 0 Å². The summed E-state index contributed by atoms with van der Waals surface area (Å²) in [6.45, 7) is 0. The van der Waals surface area contributed by atoms with E-state index in [1.165, 1.54) is 11.0 Å². The molecule has 0 aliphatic heterocycles. The molecule has 0 spiro atoms. The molecule has 3 aromatic rings. The number of pyridine rings is 1. The van der Waals surface area contributed by atoms with Crippen molar-refractivity contribution in [2.75, 3.05) is 0 Å². The molecule has 3 heterocycles. The van der Waals surface area contributed by atoms with Crippen LogP contribution < -0.4 is 5.73 Å². The topological polar surface area (TPSA) is 107 Å². The number of rotatable bonds is 2. The molecule has 0 aliphatic rings. The molecule has 8 nitrogen and oxygen atoms in total. The zero-order valence-electron chi connectivity index (χ0n) is 9.17. The predicted molar refractivity (Wildman–Crippen MR) is 62.6 cm³/mol. The number of hydrogen-bond acceptors (Lipinski definition) is 5. The minimum absolute atomic E-state index is 0.133. The van der Waals surface area contributed by atoms with Crippen molar-refractivity contribution in [3.05, 3.63) is 42.7 Å².